The summed E-state index contributed by atoms with van der Waals surface area (Å²) in [5.41, 5.74) is 6.60. The number of nitrogens with zero attached hydrogens (tertiary/aromatic N) is 4. The summed E-state index contributed by atoms with van der Waals surface area (Å²) in [6.07, 6.45) is 7.35. The molecule has 0 bridgehead atoms. The number of nitrogens with two attached hydrogens (primary N) is 1. The molecule has 5 heteroatoms. The number of aromatic nitrogens is 3. The van der Waals surface area contributed by atoms with Crippen molar-refractivity contribution in [3.8, 4) is 0 Å². The maximum atomic E-state index is 6.45. The second kappa shape index (κ2) is 4.74. The van der Waals surface area contributed by atoms with Crippen LogP contribution in [0.3, 0.4) is 0 Å². The number of aryl methyl sites for hydroxylation is 1. The third-order valence-electron chi connectivity index (χ3n) is 4.26. The van der Waals surface area contributed by atoms with E-state index in [2.05, 4.69) is 29.1 Å². The maximum Gasteiger partial charge on any atom is 0.138 e. The highest BCUT2D eigenvalue weighted by Crippen LogP contribution is 2.36. The first-order valence-corrected chi connectivity index (χ1v) is 6.32. The lowest BCUT2D eigenvalue weighted by Gasteiger charge is -2.41. The Morgan fingerprint density at radius 1 is 1.47 bits per heavy atom. The summed E-state index contributed by atoms with van der Waals surface area (Å²) >= 11 is 0. The van der Waals surface area contributed by atoms with Crippen LogP contribution in [0.4, 0.5) is 0 Å². The largest absolute Gasteiger partial charge is 0.326 e. The van der Waals surface area contributed by atoms with Crippen LogP contribution in [0.25, 0.3) is 0 Å². The summed E-state index contributed by atoms with van der Waals surface area (Å²) in [5.74, 6) is 0.977. The Hall–Kier alpha value is -0.940. The predicted octanol–water partition coefficient (Wildman–Crippen LogP) is 0.559. The van der Waals surface area contributed by atoms with E-state index < -0.39 is 0 Å². The Labute approximate surface area is 103 Å². The van der Waals surface area contributed by atoms with Crippen molar-refractivity contribution in [1.29, 1.82) is 0 Å². The van der Waals surface area contributed by atoms with E-state index in [0.29, 0.717) is 0 Å². The lowest BCUT2D eigenvalue weighted by atomic mass is 9.85. The summed E-state index contributed by atoms with van der Waals surface area (Å²) in [6.45, 7) is 0. The summed E-state index contributed by atoms with van der Waals surface area (Å²) in [6, 6.07) is 0.128. The molecule has 17 heavy (non-hydrogen) atoms. The fourth-order valence-electron chi connectivity index (χ4n) is 3.03. The van der Waals surface area contributed by atoms with Crippen LogP contribution in [0.2, 0.25) is 0 Å². The van der Waals surface area contributed by atoms with Crippen molar-refractivity contribution in [3.63, 3.8) is 0 Å². The Bertz CT molecular complexity index is 365. The van der Waals surface area contributed by atoms with Crippen LogP contribution in [0.5, 0.6) is 0 Å². The quantitative estimate of drug-likeness (QED) is 0.831. The molecule has 1 saturated carbocycles. The van der Waals surface area contributed by atoms with Crippen molar-refractivity contribution in [1.82, 2.24) is 19.7 Å². The SMILES string of the molecule is CN(C)C1(C(N)Cc2ncnn2C)CCCC1. The molecule has 0 spiro atoms. The smallest absolute Gasteiger partial charge is 0.138 e. The van der Waals surface area contributed by atoms with Crippen LogP contribution < -0.4 is 5.73 Å². The van der Waals surface area contributed by atoms with E-state index in [9.17, 15) is 0 Å². The number of rotatable bonds is 4. The minimum atomic E-state index is 0.128. The van der Waals surface area contributed by atoms with Gasteiger partial charge in [-0.3, -0.25) is 4.68 Å². The molecule has 2 N–H and O–H groups in total. The topological polar surface area (TPSA) is 60.0 Å². The first kappa shape index (κ1) is 12.5. The van der Waals surface area contributed by atoms with Crippen LogP contribution in [-0.2, 0) is 13.5 Å². The normalized spacial score (nSPS) is 21.0. The first-order valence-electron chi connectivity index (χ1n) is 6.32. The third kappa shape index (κ3) is 2.21. The second-order valence-corrected chi connectivity index (χ2v) is 5.32. The monoisotopic (exact) mass is 237 g/mol. The van der Waals surface area contributed by atoms with E-state index in [1.54, 1.807) is 6.33 Å². The zero-order valence-corrected chi connectivity index (χ0v) is 11.1. The van der Waals surface area contributed by atoms with Crippen LogP contribution in [0, 0.1) is 0 Å². The average molecular weight is 237 g/mol. The fourth-order valence-corrected chi connectivity index (χ4v) is 3.03. The molecule has 1 fully saturated rings. The van der Waals surface area contributed by atoms with Crippen molar-refractivity contribution in [2.24, 2.45) is 12.8 Å². The Morgan fingerprint density at radius 2 is 2.12 bits per heavy atom. The molecule has 0 aliphatic heterocycles. The molecule has 1 atom stereocenters. The van der Waals surface area contributed by atoms with Crippen LogP contribution >= 0.6 is 0 Å². The first-order chi connectivity index (χ1) is 8.06. The zero-order chi connectivity index (χ0) is 12.5. The van der Waals surface area contributed by atoms with Gasteiger partial charge in [0.1, 0.15) is 12.2 Å². The van der Waals surface area contributed by atoms with Gasteiger partial charge in [0.05, 0.1) is 0 Å². The van der Waals surface area contributed by atoms with E-state index in [1.807, 2.05) is 11.7 Å². The lowest BCUT2D eigenvalue weighted by Crippen LogP contribution is -2.56. The van der Waals surface area contributed by atoms with Gasteiger partial charge in [-0.05, 0) is 26.9 Å². The van der Waals surface area contributed by atoms with Crippen molar-refractivity contribution < 1.29 is 0 Å². The van der Waals surface area contributed by atoms with Gasteiger partial charge in [0.2, 0.25) is 0 Å². The highest BCUT2D eigenvalue weighted by molar-refractivity contribution is 5.04. The number of hydrogen-bond donors (Lipinski definition) is 1. The third-order valence-corrected chi connectivity index (χ3v) is 4.26. The minimum absolute atomic E-state index is 0.128. The molecule has 1 heterocycles. The number of hydrogen-bond acceptors (Lipinski definition) is 4. The Balaban J connectivity index is 2.12. The standard InChI is InChI=1S/C12H23N5/c1-16(2)12(6-4-5-7-12)10(13)8-11-14-9-15-17(11)3/h9-10H,4-8,13H2,1-3H3. The molecule has 0 amide bonds. The van der Waals surface area contributed by atoms with Crippen LogP contribution in [0.1, 0.15) is 31.5 Å². The van der Waals surface area contributed by atoms with Gasteiger partial charge in [-0.25, -0.2) is 4.98 Å². The van der Waals surface area contributed by atoms with Gasteiger partial charge < -0.3 is 10.6 Å². The van der Waals surface area contributed by atoms with E-state index >= 15 is 0 Å². The Kier molecular flexibility index (Phi) is 3.49. The van der Waals surface area contributed by atoms with Gasteiger partial charge in [-0.2, -0.15) is 5.10 Å². The number of likely N-dealkylation sites (N-methyl/N-ethyl adjacent to an activating group) is 1. The maximum absolute atomic E-state index is 6.45. The van der Waals surface area contributed by atoms with Gasteiger partial charge in [-0.15, -0.1) is 0 Å². The van der Waals surface area contributed by atoms with E-state index in [1.165, 1.54) is 25.7 Å². The molecule has 0 radical (unpaired) electrons. The minimum Gasteiger partial charge on any atom is -0.326 e. The molecule has 0 saturated heterocycles. The molecule has 1 unspecified atom stereocenters. The predicted molar refractivity (Wildman–Crippen MR) is 67.6 cm³/mol. The lowest BCUT2D eigenvalue weighted by molar-refractivity contribution is 0.121. The van der Waals surface area contributed by atoms with Gasteiger partial charge in [-0.1, -0.05) is 12.8 Å². The molecule has 1 aromatic heterocycles. The van der Waals surface area contributed by atoms with E-state index in [0.717, 1.165) is 12.2 Å². The van der Waals surface area contributed by atoms with Gasteiger partial charge in [0.25, 0.3) is 0 Å². The molecular formula is C12H23N5. The van der Waals surface area contributed by atoms with Crippen molar-refractivity contribution >= 4 is 0 Å². The highest BCUT2D eigenvalue weighted by Gasteiger charge is 2.41. The summed E-state index contributed by atoms with van der Waals surface area (Å²) in [7, 11) is 6.20. The molecule has 0 aromatic carbocycles. The van der Waals surface area contributed by atoms with Gasteiger partial charge >= 0.3 is 0 Å². The van der Waals surface area contributed by atoms with Gasteiger partial charge in [0.15, 0.2) is 0 Å². The zero-order valence-electron chi connectivity index (χ0n) is 11.1. The molecule has 1 aliphatic rings. The van der Waals surface area contributed by atoms with Crippen molar-refractivity contribution in [2.45, 2.75) is 43.7 Å². The fraction of sp³-hybridized carbons (Fsp3) is 0.833. The molecule has 5 nitrogen and oxygen atoms in total. The average Bonchev–Trinajstić information content (AvgIpc) is 2.89. The molecular weight excluding hydrogens is 214 g/mol. The van der Waals surface area contributed by atoms with E-state index in [4.69, 9.17) is 5.73 Å². The summed E-state index contributed by atoms with van der Waals surface area (Å²) in [4.78, 5) is 6.58. The molecule has 96 valence electrons. The second-order valence-electron chi connectivity index (χ2n) is 5.32. The molecule has 1 aliphatic carbocycles. The summed E-state index contributed by atoms with van der Waals surface area (Å²) < 4.78 is 1.82. The Morgan fingerprint density at radius 3 is 2.59 bits per heavy atom. The van der Waals surface area contributed by atoms with Crippen molar-refractivity contribution in [2.75, 3.05) is 14.1 Å². The van der Waals surface area contributed by atoms with Crippen LogP contribution in [0.15, 0.2) is 6.33 Å². The summed E-state index contributed by atoms with van der Waals surface area (Å²) in [5, 5.41) is 4.10. The highest BCUT2D eigenvalue weighted by atomic mass is 15.3. The van der Waals surface area contributed by atoms with Gasteiger partial charge in [0, 0.05) is 25.0 Å². The molecule has 2 rings (SSSR count). The van der Waals surface area contributed by atoms with Crippen LogP contribution in [-0.4, -0.2) is 45.3 Å². The van der Waals surface area contributed by atoms with E-state index in [-0.39, 0.29) is 11.6 Å². The molecule has 1 aromatic rings. The van der Waals surface area contributed by atoms with Crippen molar-refractivity contribution in [3.05, 3.63) is 12.2 Å².